The maximum Gasteiger partial charge on any atom is 0.258 e. The standard InChI is InChI=1S/C21H11F2N3O2/c22-14-3-1-2-13(9-14)21-26-18-10-15(5-7-19(18)28-21)25-20(27)16-6-4-12(11-24)8-17(16)23/h1-10H,(H,25,27). The molecule has 7 heteroatoms. The molecule has 0 saturated heterocycles. The lowest BCUT2D eigenvalue weighted by Gasteiger charge is -2.06. The summed E-state index contributed by atoms with van der Waals surface area (Å²) in [6.07, 6.45) is 0. The molecular weight excluding hydrogens is 364 g/mol. The molecule has 0 atom stereocenters. The van der Waals surface area contributed by atoms with Gasteiger partial charge in [-0.1, -0.05) is 6.07 Å². The Morgan fingerprint density at radius 3 is 2.68 bits per heavy atom. The van der Waals surface area contributed by atoms with E-state index in [-0.39, 0.29) is 17.0 Å². The summed E-state index contributed by atoms with van der Waals surface area (Å²) in [6.45, 7) is 0. The fourth-order valence-electron chi connectivity index (χ4n) is 2.72. The largest absolute Gasteiger partial charge is 0.436 e. The summed E-state index contributed by atoms with van der Waals surface area (Å²) < 4.78 is 33.0. The van der Waals surface area contributed by atoms with Crippen LogP contribution in [0.25, 0.3) is 22.6 Å². The molecular formula is C21H11F2N3O2. The van der Waals surface area contributed by atoms with Crippen LogP contribution in [0.5, 0.6) is 0 Å². The van der Waals surface area contributed by atoms with Crippen LogP contribution in [0.4, 0.5) is 14.5 Å². The quantitative estimate of drug-likeness (QED) is 0.553. The van der Waals surface area contributed by atoms with Crippen LogP contribution >= 0.6 is 0 Å². The minimum absolute atomic E-state index is 0.128. The molecule has 0 bridgehead atoms. The van der Waals surface area contributed by atoms with Crippen molar-refractivity contribution >= 4 is 22.7 Å². The van der Waals surface area contributed by atoms with Crippen molar-refractivity contribution in [2.75, 3.05) is 5.32 Å². The third kappa shape index (κ3) is 3.31. The number of aromatic nitrogens is 1. The van der Waals surface area contributed by atoms with Gasteiger partial charge in [0.15, 0.2) is 5.58 Å². The molecule has 1 N–H and O–H groups in total. The summed E-state index contributed by atoms with van der Waals surface area (Å²) in [5, 5.41) is 11.4. The Morgan fingerprint density at radius 2 is 1.93 bits per heavy atom. The molecule has 0 fully saturated rings. The summed E-state index contributed by atoms with van der Waals surface area (Å²) in [5.74, 6) is -1.60. The Bertz CT molecular complexity index is 1260. The first-order valence-electron chi connectivity index (χ1n) is 8.21. The van der Waals surface area contributed by atoms with Crippen LogP contribution in [0.3, 0.4) is 0 Å². The predicted octanol–water partition coefficient (Wildman–Crippen LogP) is 4.90. The van der Waals surface area contributed by atoms with Gasteiger partial charge >= 0.3 is 0 Å². The van der Waals surface area contributed by atoms with E-state index in [1.165, 1.54) is 24.3 Å². The molecule has 0 aliphatic rings. The molecule has 0 radical (unpaired) electrons. The summed E-state index contributed by atoms with van der Waals surface area (Å²) >= 11 is 0. The fourth-order valence-corrected chi connectivity index (χ4v) is 2.72. The van der Waals surface area contributed by atoms with Crippen molar-refractivity contribution in [3.63, 3.8) is 0 Å². The monoisotopic (exact) mass is 375 g/mol. The lowest BCUT2D eigenvalue weighted by Crippen LogP contribution is -2.13. The van der Waals surface area contributed by atoms with E-state index >= 15 is 0 Å². The Balaban J connectivity index is 1.61. The molecule has 0 aliphatic carbocycles. The van der Waals surface area contributed by atoms with Gasteiger partial charge in [0.05, 0.1) is 17.2 Å². The van der Waals surface area contributed by atoms with Gasteiger partial charge in [0, 0.05) is 11.3 Å². The minimum atomic E-state index is -0.785. The smallest absolute Gasteiger partial charge is 0.258 e. The van der Waals surface area contributed by atoms with Crippen LogP contribution in [0.15, 0.2) is 65.1 Å². The molecule has 136 valence electrons. The molecule has 3 aromatic carbocycles. The molecule has 4 rings (SSSR count). The van der Waals surface area contributed by atoms with Crippen molar-refractivity contribution in [3.05, 3.63) is 83.4 Å². The third-order valence-electron chi connectivity index (χ3n) is 4.06. The van der Waals surface area contributed by atoms with E-state index < -0.39 is 17.5 Å². The van der Waals surface area contributed by atoms with Crippen molar-refractivity contribution in [1.82, 2.24) is 4.98 Å². The normalized spacial score (nSPS) is 10.6. The number of rotatable bonds is 3. The first kappa shape index (κ1) is 17.4. The maximum atomic E-state index is 14.0. The van der Waals surface area contributed by atoms with E-state index in [1.807, 2.05) is 6.07 Å². The van der Waals surface area contributed by atoms with Gasteiger partial charge in [0.25, 0.3) is 5.91 Å². The first-order valence-corrected chi connectivity index (χ1v) is 8.21. The summed E-state index contributed by atoms with van der Waals surface area (Å²) in [4.78, 5) is 16.6. The van der Waals surface area contributed by atoms with Crippen molar-refractivity contribution in [2.45, 2.75) is 0 Å². The molecule has 28 heavy (non-hydrogen) atoms. The maximum absolute atomic E-state index is 14.0. The highest BCUT2D eigenvalue weighted by molar-refractivity contribution is 6.05. The van der Waals surface area contributed by atoms with Crippen molar-refractivity contribution in [3.8, 4) is 17.5 Å². The molecule has 5 nitrogen and oxygen atoms in total. The highest BCUT2D eigenvalue weighted by Crippen LogP contribution is 2.27. The van der Waals surface area contributed by atoms with Crippen molar-refractivity contribution < 1.29 is 18.0 Å². The number of carbonyl (C=O) groups excluding carboxylic acids is 1. The molecule has 1 aromatic heterocycles. The van der Waals surface area contributed by atoms with Crippen LogP contribution in [-0.2, 0) is 0 Å². The van der Waals surface area contributed by atoms with Gasteiger partial charge in [-0.05, 0) is 54.6 Å². The number of nitrogens with zero attached hydrogens (tertiary/aromatic N) is 2. The fraction of sp³-hybridized carbons (Fsp3) is 0. The number of hydrogen-bond donors (Lipinski definition) is 1. The van der Waals surface area contributed by atoms with Crippen LogP contribution < -0.4 is 5.32 Å². The summed E-state index contributed by atoms with van der Waals surface area (Å²) in [5.41, 5.74) is 1.74. The van der Waals surface area contributed by atoms with E-state index in [0.29, 0.717) is 22.4 Å². The number of hydrogen-bond acceptors (Lipinski definition) is 4. The zero-order valence-corrected chi connectivity index (χ0v) is 14.2. The number of fused-ring (bicyclic) bond motifs is 1. The lowest BCUT2D eigenvalue weighted by molar-refractivity contribution is 0.102. The highest BCUT2D eigenvalue weighted by atomic mass is 19.1. The summed E-state index contributed by atoms with van der Waals surface area (Å²) in [6, 6.07) is 16.0. The second-order valence-corrected chi connectivity index (χ2v) is 5.97. The zero-order valence-electron chi connectivity index (χ0n) is 14.2. The van der Waals surface area contributed by atoms with Gasteiger partial charge in [-0.3, -0.25) is 4.79 Å². The molecule has 0 aliphatic heterocycles. The average molecular weight is 375 g/mol. The third-order valence-corrected chi connectivity index (χ3v) is 4.06. The predicted molar refractivity (Wildman–Crippen MR) is 98.5 cm³/mol. The van der Waals surface area contributed by atoms with Gasteiger partial charge in [0.2, 0.25) is 5.89 Å². The second kappa shape index (κ2) is 6.93. The van der Waals surface area contributed by atoms with Crippen LogP contribution in [0.2, 0.25) is 0 Å². The molecule has 1 heterocycles. The minimum Gasteiger partial charge on any atom is -0.436 e. The second-order valence-electron chi connectivity index (χ2n) is 5.97. The SMILES string of the molecule is N#Cc1ccc(C(=O)Nc2ccc3oc(-c4cccc(F)c4)nc3c2)c(F)c1. The first-order chi connectivity index (χ1) is 13.5. The zero-order chi connectivity index (χ0) is 19.7. The number of halogens is 2. The summed E-state index contributed by atoms with van der Waals surface area (Å²) in [7, 11) is 0. The van der Waals surface area contributed by atoms with Gasteiger partial charge in [-0.15, -0.1) is 0 Å². The average Bonchev–Trinajstić information content (AvgIpc) is 3.11. The Labute approximate surface area is 157 Å². The number of nitrogens with one attached hydrogen (secondary N) is 1. The van der Waals surface area contributed by atoms with E-state index in [0.717, 1.165) is 6.07 Å². The lowest BCUT2D eigenvalue weighted by atomic mass is 10.1. The van der Waals surface area contributed by atoms with Crippen LogP contribution in [0, 0.1) is 23.0 Å². The van der Waals surface area contributed by atoms with Gasteiger partial charge < -0.3 is 9.73 Å². The number of benzene rings is 3. The van der Waals surface area contributed by atoms with Crippen molar-refractivity contribution in [2.24, 2.45) is 0 Å². The number of oxazole rings is 1. The topological polar surface area (TPSA) is 78.9 Å². The number of anilines is 1. The number of amides is 1. The van der Waals surface area contributed by atoms with Crippen molar-refractivity contribution in [1.29, 1.82) is 5.26 Å². The molecule has 0 saturated carbocycles. The number of carbonyl (C=O) groups is 1. The highest BCUT2D eigenvalue weighted by Gasteiger charge is 2.14. The molecule has 4 aromatic rings. The van der Waals surface area contributed by atoms with E-state index in [2.05, 4.69) is 10.3 Å². The van der Waals surface area contributed by atoms with E-state index in [4.69, 9.17) is 9.68 Å². The Kier molecular flexibility index (Phi) is 4.30. The number of nitriles is 1. The van der Waals surface area contributed by atoms with Crippen LogP contribution in [0.1, 0.15) is 15.9 Å². The van der Waals surface area contributed by atoms with Gasteiger partial charge in [-0.2, -0.15) is 5.26 Å². The van der Waals surface area contributed by atoms with Crippen LogP contribution in [-0.4, -0.2) is 10.9 Å². The van der Waals surface area contributed by atoms with Gasteiger partial charge in [-0.25, -0.2) is 13.8 Å². The van der Waals surface area contributed by atoms with E-state index in [9.17, 15) is 13.6 Å². The van der Waals surface area contributed by atoms with Gasteiger partial charge in [0.1, 0.15) is 17.2 Å². The van der Waals surface area contributed by atoms with E-state index in [1.54, 1.807) is 30.3 Å². The molecule has 0 spiro atoms. The molecule has 1 amide bonds. The molecule has 0 unspecified atom stereocenters. The Hall–Kier alpha value is -4.05. The Morgan fingerprint density at radius 1 is 1.07 bits per heavy atom.